The third-order valence-electron chi connectivity index (χ3n) is 2.76. The maximum Gasteiger partial charge on any atom is 0.123 e. The second-order valence-electron chi connectivity index (χ2n) is 3.90. The van der Waals surface area contributed by atoms with Gasteiger partial charge in [-0.1, -0.05) is 6.07 Å². The van der Waals surface area contributed by atoms with Gasteiger partial charge in [0.05, 0.1) is 5.60 Å². The number of aliphatic hydroxyl groups is 1. The first-order valence-electron chi connectivity index (χ1n) is 4.60. The summed E-state index contributed by atoms with van der Waals surface area (Å²) in [4.78, 5) is 0. The van der Waals surface area contributed by atoms with Crippen LogP contribution < -0.4 is 0 Å². The molecule has 0 aromatic heterocycles. The predicted molar refractivity (Wildman–Crippen MR) is 48.9 cm³/mol. The van der Waals surface area contributed by atoms with Gasteiger partial charge in [0, 0.05) is 0 Å². The summed E-state index contributed by atoms with van der Waals surface area (Å²) in [5.74, 6) is -0.254. The van der Waals surface area contributed by atoms with Crippen LogP contribution in [0.4, 0.5) is 4.39 Å². The Bertz CT molecular complexity index is 309. The van der Waals surface area contributed by atoms with E-state index < -0.39 is 5.60 Å². The van der Waals surface area contributed by atoms with E-state index >= 15 is 0 Å². The average molecular weight is 180 g/mol. The molecular weight excluding hydrogens is 167 g/mol. The highest BCUT2D eigenvalue weighted by atomic mass is 19.1. The van der Waals surface area contributed by atoms with Crippen LogP contribution >= 0.6 is 0 Å². The predicted octanol–water partition coefficient (Wildman–Crippen LogP) is 2.51. The fourth-order valence-electron chi connectivity index (χ4n) is 1.81. The van der Waals surface area contributed by atoms with Crippen LogP contribution in [0.5, 0.6) is 0 Å². The summed E-state index contributed by atoms with van der Waals surface area (Å²) >= 11 is 0. The molecule has 1 nitrogen and oxygen atoms in total. The minimum absolute atomic E-state index is 0.254. The highest BCUT2D eigenvalue weighted by Gasteiger charge is 2.36. The number of halogens is 1. The number of rotatable bonds is 1. The summed E-state index contributed by atoms with van der Waals surface area (Å²) in [5.41, 5.74) is 0.860. The third kappa shape index (κ3) is 1.46. The topological polar surface area (TPSA) is 20.2 Å². The molecule has 1 aromatic rings. The van der Waals surface area contributed by atoms with E-state index in [0.29, 0.717) is 0 Å². The standard InChI is InChI=1S/C11H13FO/c1-8-5-9(7-10(12)6-8)11(13)3-2-4-11/h5-7,13H,2-4H2,1H3. The zero-order chi connectivity index (χ0) is 9.47. The van der Waals surface area contributed by atoms with Crippen molar-refractivity contribution in [1.82, 2.24) is 0 Å². The van der Waals surface area contributed by atoms with Crippen molar-refractivity contribution in [2.45, 2.75) is 31.8 Å². The zero-order valence-electron chi connectivity index (χ0n) is 7.68. The van der Waals surface area contributed by atoms with E-state index in [2.05, 4.69) is 0 Å². The first-order chi connectivity index (χ1) is 6.10. The lowest BCUT2D eigenvalue weighted by Crippen LogP contribution is -2.33. The average Bonchev–Trinajstić information content (AvgIpc) is 1.98. The van der Waals surface area contributed by atoms with Gasteiger partial charge in [-0.2, -0.15) is 0 Å². The highest BCUT2D eigenvalue weighted by molar-refractivity contribution is 5.29. The summed E-state index contributed by atoms with van der Waals surface area (Å²) < 4.78 is 13.0. The van der Waals surface area contributed by atoms with Gasteiger partial charge in [-0.15, -0.1) is 0 Å². The molecule has 2 heteroatoms. The van der Waals surface area contributed by atoms with E-state index in [4.69, 9.17) is 0 Å². The zero-order valence-corrected chi connectivity index (χ0v) is 7.68. The Balaban J connectivity index is 2.39. The maximum absolute atomic E-state index is 13.0. The maximum atomic E-state index is 13.0. The van der Waals surface area contributed by atoms with Crippen LogP contribution in [0, 0.1) is 12.7 Å². The second-order valence-corrected chi connectivity index (χ2v) is 3.90. The fraction of sp³-hybridized carbons (Fsp3) is 0.455. The Morgan fingerprint density at radius 3 is 2.46 bits per heavy atom. The second kappa shape index (κ2) is 2.81. The largest absolute Gasteiger partial charge is 0.385 e. The molecule has 0 radical (unpaired) electrons. The van der Waals surface area contributed by atoms with Gasteiger partial charge in [0.15, 0.2) is 0 Å². The van der Waals surface area contributed by atoms with Crippen molar-refractivity contribution < 1.29 is 9.50 Å². The van der Waals surface area contributed by atoms with Gasteiger partial charge < -0.3 is 5.11 Å². The molecule has 1 aliphatic rings. The minimum Gasteiger partial charge on any atom is -0.385 e. The molecule has 0 saturated heterocycles. The highest BCUT2D eigenvalue weighted by Crippen LogP contribution is 2.41. The molecule has 1 aliphatic carbocycles. The van der Waals surface area contributed by atoms with Gasteiger partial charge in [-0.3, -0.25) is 0 Å². The molecule has 1 N–H and O–H groups in total. The molecule has 2 rings (SSSR count). The van der Waals surface area contributed by atoms with Crippen molar-refractivity contribution in [1.29, 1.82) is 0 Å². The molecule has 0 atom stereocenters. The van der Waals surface area contributed by atoms with Gasteiger partial charge in [0.1, 0.15) is 5.82 Å². The Hall–Kier alpha value is -0.890. The van der Waals surface area contributed by atoms with Gasteiger partial charge >= 0.3 is 0 Å². The van der Waals surface area contributed by atoms with Gasteiger partial charge in [0.2, 0.25) is 0 Å². The molecule has 0 heterocycles. The van der Waals surface area contributed by atoms with Gasteiger partial charge in [-0.25, -0.2) is 4.39 Å². The van der Waals surface area contributed by atoms with Gasteiger partial charge in [-0.05, 0) is 49.4 Å². The normalized spacial score (nSPS) is 19.6. The number of benzene rings is 1. The summed E-state index contributed by atoms with van der Waals surface area (Å²) in [6.45, 7) is 1.84. The van der Waals surface area contributed by atoms with Crippen molar-refractivity contribution in [2.75, 3.05) is 0 Å². The van der Waals surface area contributed by atoms with E-state index in [1.54, 1.807) is 0 Å². The van der Waals surface area contributed by atoms with Crippen LogP contribution in [-0.2, 0) is 5.60 Å². The molecule has 1 saturated carbocycles. The molecule has 70 valence electrons. The van der Waals surface area contributed by atoms with E-state index in [1.165, 1.54) is 12.1 Å². The lowest BCUT2D eigenvalue weighted by molar-refractivity contribution is -0.0390. The van der Waals surface area contributed by atoms with Crippen molar-refractivity contribution in [3.63, 3.8) is 0 Å². The minimum atomic E-state index is -0.743. The summed E-state index contributed by atoms with van der Waals surface area (Å²) in [7, 11) is 0. The molecule has 13 heavy (non-hydrogen) atoms. The number of hydrogen-bond donors (Lipinski definition) is 1. The molecule has 1 fully saturated rings. The number of hydrogen-bond acceptors (Lipinski definition) is 1. The monoisotopic (exact) mass is 180 g/mol. The van der Waals surface area contributed by atoms with Crippen LogP contribution in [-0.4, -0.2) is 5.11 Å². The fourth-order valence-corrected chi connectivity index (χ4v) is 1.81. The van der Waals surface area contributed by atoms with Crippen LogP contribution in [0.3, 0.4) is 0 Å². The molecule has 1 aromatic carbocycles. The van der Waals surface area contributed by atoms with Crippen LogP contribution in [0.25, 0.3) is 0 Å². The summed E-state index contributed by atoms with van der Waals surface area (Å²) in [5, 5.41) is 9.96. The van der Waals surface area contributed by atoms with Crippen LogP contribution in [0.2, 0.25) is 0 Å². The van der Waals surface area contributed by atoms with E-state index in [-0.39, 0.29) is 5.82 Å². The van der Waals surface area contributed by atoms with Crippen molar-refractivity contribution in [3.8, 4) is 0 Å². The van der Waals surface area contributed by atoms with Gasteiger partial charge in [0.25, 0.3) is 0 Å². The number of aryl methyl sites for hydroxylation is 1. The lowest BCUT2D eigenvalue weighted by Gasteiger charge is -2.37. The third-order valence-corrected chi connectivity index (χ3v) is 2.76. The van der Waals surface area contributed by atoms with Crippen molar-refractivity contribution in [3.05, 3.63) is 35.1 Å². The lowest BCUT2D eigenvalue weighted by atomic mass is 9.75. The summed E-state index contributed by atoms with van der Waals surface area (Å²) in [6.07, 6.45) is 2.55. The molecule has 0 amide bonds. The quantitative estimate of drug-likeness (QED) is 0.704. The first-order valence-corrected chi connectivity index (χ1v) is 4.60. The Kier molecular flexibility index (Phi) is 1.88. The van der Waals surface area contributed by atoms with E-state index in [1.807, 2.05) is 13.0 Å². The van der Waals surface area contributed by atoms with Crippen LogP contribution in [0.1, 0.15) is 30.4 Å². The first kappa shape index (κ1) is 8.70. The molecule has 0 spiro atoms. The molecule has 0 unspecified atom stereocenters. The van der Waals surface area contributed by atoms with Crippen molar-refractivity contribution in [2.24, 2.45) is 0 Å². The smallest absolute Gasteiger partial charge is 0.123 e. The molecule has 0 bridgehead atoms. The molecule has 0 aliphatic heterocycles. The molecular formula is C11H13FO. The van der Waals surface area contributed by atoms with Crippen LogP contribution in [0.15, 0.2) is 18.2 Å². The Morgan fingerprint density at radius 1 is 1.31 bits per heavy atom. The van der Waals surface area contributed by atoms with E-state index in [0.717, 1.165) is 30.4 Å². The Morgan fingerprint density at radius 2 is 2.00 bits per heavy atom. The van der Waals surface area contributed by atoms with E-state index in [9.17, 15) is 9.50 Å². The van der Waals surface area contributed by atoms with Crippen molar-refractivity contribution >= 4 is 0 Å². The summed E-state index contributed by atoms with van der Waals surface area (Å²) in [6, 6.07) is 4.78. The SMILES string of the molecule is Cc1cc(F)cc(C2(O)CCC2)c1. The Labute approximate surface area is 77.2 Å².